The molecule has 8 nitrogen and oxygen atoms in total. The fourth-order valence-electron chi connectivity index (χ4n) is 4.44. The summed E-state index contributed by atoms with van der Waals surface area (Å²) in [5.41, 5.74) is 6.76. The molecule has 37 heavy (non-hydrogen) atoms. The molecule has 12 heteroatoms. The van der Waals surface area contributed by atoms with Gasteiger partial charge in [-0.3, -0.25) is 9.58 Å². The van der Waals surface area contributed by atoms with Crippen molar-refractivity contribution < 1.29 is 23.1 Å². The zero-order chi connectivity index (χ0) is 26.7. The molecule has 0 bridgehead atoms. The highest BCUT2D eigenvalue weighted by Crippen LogP contribution is 2.34. The molecular formula is C25H29F3N6O2S. The molecule has 0 radical (unpaired) electrons. The second-order valence-corrected chi connectivity index (χ2v) is 10.2. The number of thiophene rings is 1. The predicted molar refractivity (Wildman–Crippen MR) is 135 cm³/mol. The third-order valence-corrected chi connectivity index (χ3v) is 7.08. The molecule has 198 valence electrons. The molecule has 0 aliphatic carbocycles. The highest BCUT2D eigenvalue weighted by Gasteiger charge is 2.38. The van der Waals surface area contributed by atoms with Crippen LogP contribution in [0, 0.1) is 0 Å². The third kappa shape index (κ3) is 6.37. The van der Waals surface area contributed by atoms with E-state index in [1.165, 1.54) is 16.8 Å². The number of piperidine rings is 1. The second kappa shape index (κ2) is 11.0. The molecule has 1 aliphatic rings. The van der Waals surface area contributed by atoms with Gasteiger partial charge in [0.2, 0.25) is 0 Å². The van der Waals surface area contributed by atoms with Gasteiger partial charge in [0.05, 0.1) is 18.0 Å². The van der Waals surface area contributed by atoms with Gasteiger partial charge in [-0.1, -0.05) is 0 Å². The molecule has 0 spiro atoms. The average Bonchev–Trinajstić information content (AvgIpc) is 3.60. The van der Waals surface area contributed by atoms with Crippen LogP contribution >= 0.6 is 11.3 Å². The van der Waals surface area contributed by atoms with Gasteiger partial charge in [-0.05, 0) is 68.2 Å². The number of aliphatic carboxylic acids is 1. The lowest BCUT2D eigenvalue weighted by Gasteiger charge is -2.31. The van der Waals surface area contributed by atoms with E-state index in [4.69, 9.17) is 19.9 Å². The van der Waals surface area contributed by atoms with Crippen molar-refractivity contribution in [3.05, 3.63) is 52.9 Å². The number of alkyl halides is 3. The number of aromatic nitrogens is 5. The highest BCUT2D eigenvalue weighted by molar-refractivity contribution is 7.07. The van der Waals surface area contributed by atoms with Crippen LogP contribution in [0.3, 0.4) is 0 Å². The van der Waals surface area contributed by atoms with Crippen molar-refractivity contribution in [3.8, 4) is 11.3 Å². The number of hydrogen-bond acceptors (Lipinski definition) is 6. The van der Waals surface area contributed by atoms with Crippen LogP contribution in [0.2, 0.25) is 0 Å². The number of pyridine rings is 1. The normalized spacial score (nSPS) is 15.2. The lowest BCUT2D eigenvalue weighted by atomic mass is 9.92. The number of rotatable bonds is 5. The number of halogens is 3. The van der Waals surface area contributed by atoms with Crippen LogP contribution in [0.15, 0.2) is 41.6 Å². The lowest BCUT2D eigenvalue weighted by Crippen LogP contribution is -2.32. The van der Waals surface area contributed by atoms with Crippen molar-refractivity contribution in [2.24, 2.45) is 7.05 Å². The van der Waals surface area contributed by atoms with E-state index in [2.05, 4.69) is 51.3 Å². The van der Waals surface area contributed by atoms with Crippen molar-refractivity contribution in [1.29, 1.82) is 0 Å². The molecule has 0 amide bonds. The Morgan fingerprint density at radius 2 is 1.97 bits per heavy atom. The first-order valence-corrected chi connectivity index (χ1v) is 12.9. The maximum atomic E-state index is 10.6. The van der Waals surface area contributed by atoms with E-state index in [0.717, 1.165) is 49.2 Å². The number of carboxylic acids is 1. The standard InChI is InChI=1S/C23H28N6S.C2HF3O2/c1-16(2)29-15-24-23-21(29)10-20(26-22(23)19-11-25-27(3)13-19)18-4-7-28(8-5-18)12-17-6-9-30-14-17;3-2(4,5)1(6)7/h6,9-11,13-16,18H,4-5,7-8,12H2,1-3H3;(H,6,7). The fourth-order valence-corrected chi connectivity index (χ4v) is 5.10. The van der Waals surface area contributed by atoms with Crippen molar-refractivity contribution in [1.82, 2.24) is 29.2 Å². The summed E-state index contributed by atoms with van der Waals surface area (Å²) in [5, 5.41) is 15.9. The Morgan fingerprint density at radius 1 is 1.27 bits per heavy atom. The molecule has 5 heterocycles. The number of carboxylic acid groups (broad SMARTS) is 1. The minimum Gasteiger partial charge on any atom is -0.475 e. The third-order valence-electron chi connectivity index (χ3n) is 6.35. The first kappa shape index (κ1) is 26.8. The number of aryl methyl sites for hydroxylation is 1. The number of imidazole rings is 1. The van der Waals surface area contributed by atoms with Gasteiger partial charge in [-0.15, -0.1) is 0 Å². The molecule has 1 fully saturated rings. The van der Waals surface area contributed by atoms with E-state index in [1.54, 1.807) is 11.3 Å². The minimum atomic E-state index is -5.08. The van der Waals surface area contributed by atoms with E-state index in [9.17, 15) is 13.2 Å². The molecule has 0 atom stereocenters. The van der Waals surface area contributed by atoms with E-state index >= 15 is 0 Å². The van der Waals surface area contributed by atoms with E-state index in [1.807, 2.05) is 30.5 Å². The monoisotopic (exact) mass is 534 g/mol. The number of nitrogens with zero attached hydrogens (tertiary/aromatic N) is 6. The second-order valence-electron chi connectivity index (χ2n) is 9.40. The van der Waals surface area contributed by atoms with E-state index < -0.39 is 12.1 Å². The van der Waals surface area contributed by atoms with Crippen molar-refractivity contribution >= 4 is 28.3 Å². The molecule has 1 aliphatic heterocycles. The maximum Gasteiger partial charge on any atom is 0.490 e. The molecular weight excluding hydrogens is 505 g/mol. The van der Waals surface area contributed by atoms with Gasteiger partial charge < -0.3 is 9.67 Å². The molecule has 0 unspecified atom stereocenters. The molecule has 4 aromatic rings. The lowest BCUT2D eigenvalue weighted by molar-refractivity contribution is -0.192. The molecule has 4 aromatic heterocycles. The zero-order valence-electron chi connectivity index (χ0n) is 20.8. The Hall–Kier alpha value is -3.25. The highest BCUT2D eigenvalue weighted by atomic mass is 32.1. The molecule has 0 saturated carbocycles. The Balaban J connectivity index is 0.000000405. The van der Waals surface area contributed by atoms with Crippen LogP contribution < -0.4 is 0 Å². The topological polar surface area (TPSA) is 89.1 Å². The summed E-state index contributed by atoms with van der Waals surface area (Å²) in [7, 11) is 1.94. The maximum absolute atomic E-state index is 10.6. The first-order valence-electron chi connectivity index (χ1n) is 11.9. The van der Waals surface area contributed by atoms with Crippen LogP contribution in [0.25, 0.3) is 22.3 Å². The van der Waals surface area contributed by atoms with Gasteiger partial charge >= 0.3 is 12.1 Å². The SMILES string of the molecule is CC(C)n1cnc2c(-c3cnn(C)c3)nc(C3CCN(Cc4ccsc4)CC3)cc21.O=C(O)C(F)(F)F. The Labute approximate surface area is 216 Å². The summed E-state index contributed by atoms with van der Waals surface area (Å²) >= 11 is 1.78. The van der Waals surface area contributed by atoms with Gasteiger partial charge in [0.25, 0.3) is 0 Å². The van der Waals surface area contributed by atoms with E-state index in [-0.39, 0.29) is 0 Å². The summed E-state index contributed by atoms with van der Waals surface area (Å²) < 4.78 is 35.8. The number of carbonyl (C=O) groups is 1. The molecule has 1 saturated heterocycles. The van der Waals surface area contributed by atoms with Crippen LogP contribution in [0.5, 0.6) is 0 Å². The van der Waals surface area contributed by atoms with Gasteiger partial charge in [0, 0.05) is 43.0 Å². The zero-order valence-corrected chi connectivity index (χ0v) is 21.6. The summed E-state index contributed by atoms with van der Waals surface area (Å²) in [4.78, 5) is 21.3. The van der Waals surface area contributed by atoms with Gasteiger partial charge in [0.15, 0.2) is 0 Å². The molecule has 1 N–H and O–H groups in total. The minimum absolute atomic E-state index is 0.361. The first-order chi connectivity index (χ1) is 17.5. The Kier molecular flexibility index (Phi) is 7.98. The summed E-state index contributed by atoms with van der Waals surface area (Å²) in [5.74, 6) is -2.27. The van der Waals surface area contributed by atoms with E-state index in [0.29, 0.717) is 12.0 Å². The quantitative estimate of drug-likeness (QED) is 0.364. The Bertz CT molecular complexity index is 1340. The summed E-state index contributed by atoms with van der Waals surface area (Å²) in [6.45, 7) is 7.70. The fraction of sp³-hybridized carbons (Fsp3) is 0.440. The molecule has 5 rings (SSSR count). The average molecular weight is 535 g/mol. The van der Waals surface area contributed by atoms with Crippen LogP contribution in [-0.4, -0.2) is 59.6 Å². The Morgan fingerprint density at radius 3 is 2.51 bits per heavy atom. The van der Waals surface area contributed by atoms with Crippen molar-refractivity contribution in [2.45, 2.75) is 51.4 Å². The van der Waals surface area contributed by atoms with Gasteiger partial charge in [-0.25, -0.2) is 14.8 Å². The largest absolute Gasteiger partial charge is 0.490 e. The smallest absolute Gasteiger partial charge is 0.475 e. The van der Waals surface area contributed by atoms with Gasteiger partial charge in [-0.2, -0.15) is 29.6 Å². The number of fused-ring (bicyclic) bond motifs is 1. The molecule has 0 aromatic carbocycles. The number of hydrogen-bond donors (Lipinski definition) is 1. The number of likely N-dealkylation sites (tertiary alicyclic amines) is 1. The van der Waals surface area contributed by atoms with Gasteiger partial charge in [0.1, 0.15) is 11.2 Å². The summed E-state index contributed by atoms with van der Waals surface area (Å²) in [6.07, 6.45) is 3.08. The van der Waals surface area contributed by atoms with Crippen LogP contribution in [0.4, 0.5) is 13.2 Å². The van der Waals surface area contributed by atoms with Crippen molar-refractivity contribution in [3.63, 3.8) is 0 Å². The van der Waals surface area contributed by atoms with Crippen LogP contribution in [0.1, 0.15) is 49.9 Å². The van der Waals surface area contributed by atoms with Crippen LogP contribution in [-0.2, 0) is 18.4 Å². The summed E-state index contributed by atoms with van der Waals surface area (Å²) in [6, 6.07) is 4.88. The van der Waals surface area contributed by atoms with Crippen molar-refractivity contribution in [2.75, 3.05) is 13.1 Å². The predicted octanol–water partition coefficient (Wildman–Crippen LogP) is 5.49.